The van der Waals surface area contributed by atoms with E-state index in [0.717, 1.165) is 24.3 Å². The van der Waals surface area contributed by atoms with Gasteiger partial charge >= 0.3 is 5.97 Å². The van der Waals surface area contributed by atoms with E-state index < -0.39 is 5.97 Å². The van der Waals surface area contributed by atoms with Crippen LogP contribution in [0.3, 0.4) is 0 Å². The van der Waals surface area contributed by atoms with Gasteiger partial charge in [0, 0.05) is 12.6 Å². The normalized spacial score (nSPS) is 11.0. The molecule has 0 atom stereocenters. The molecule has 0 unspecified atom stereocenters. The second kappa shape index (κ2) is 7.79. The van der Waals surface area contributed by atoms with E-state index in [9.17, 15) is 4.79 Å². The first kappa shape index (κ1) is 15.5. The van der Waals surface area contributed by atoms with Gasteiger partial charge in [0.1, 0.15) is 5.75 Å². The van der Waals surface area contributed by atoms with Crippen LogP contribution in [0.25, 0.3) is 0 Å². The topological polar surface area (TPSA) is 49.8 Å². The molecule has 0 saturated heterocycles. The lowest BCUT2D eigenvalue weighted by Crippen LogP contribution is -2.36. The summed E-state index contributed by atoms with van der Waals surface area (Å²) >= 11 is 0. The van der Waals surface area contributed by atoms with E-state index in [1.807, 2.05) is 49.9 Å². The summed E-state index contributed by atoms with van der Waals surface area (Å²) < 4.78 is 5.70. The van der Waals surface area contributed by atoms with E-state index in [0.29, 0.717) is 6.61 Å². The van der Waals surface area contributed by atoms with Gasteiger partial charge in [-0.25, -0.2) is 0 Å². The summed E-state index contributed by atoms with van der Waals surface area (Å²) in [4.78, 5) is 12.7. The predicted molar refractivity (Wildman–Crippen MR) is 75.6 cm³/mol. The van der Waals surface area contributed by atoms with Crippen LogP contribution in [0.1, 0.15) is 25.8 Å². The van der Waals surface area contributed by atoms with Crippen LogP contribution < -0.4 is 4.74 Å². The third-order valence-corrected chi connectivity index (χ3v) is 3.01. The summed E-state index contributed by atoms with van der Waals surface area (Å²) in [5, 5.41) is 8.83. The maximum absolute atomic E-state index is 10.7. The lowest BCUT2D eigenvalue weighted by atomic mass is 10.2. The van der Waals surface area contributed by atoms with Crippen molar-refractivity contribution in [3.05, 3.63) is 29.8 Å². The Kier molecular flexibility index (Phi) is 6.36. The van der Waals surface area contributed by atoms with Gasteiger partial charge in [0.25, 0.3) is 0 Å². The van der Waals surface area contributed by atoms with Crippen LogP contribution in [0, 0.1) is 6.92 Å². The Balaban J connectivity index is 2.33. The summed E-state index contributed by atoms with van der Waals surface area (Å²) in [5.41, 5.74) is 1.12. The molecule has 0 aliphatic rings. The zero-order valence-corrected chi connectivity index (χ0v) is 11.9. The summed E-state index contributed by atoms with van der Waals surface area (Å²) in [5.74, 6) is 0.116. The largest absolute Gasteiger partial charge is 0.493 e. The molecule has 0 radical (unpaired) electrons. The second-order valence-corrected chi connectivity index (χ2v) is 4.93. The number of hydrogen-bond donors (Lipinski definition) is 1. The van der Waals surface area contributed by atoms with E-state index in [1.54, 1.807) is 0 Å². The zero-order chi connectivity index (χ0) is 14.3. The Morgan fingerprint density at radius 3 is 2.63 bits per heavy atom. The van der Waals surface area contributed by atoms with E-state index >= 15 is 0 Å². The fourth-order valence-corrected chi connectivity index (χ4v) is 1.86. The number of aryl methyl sites for hydroxylation is 1. The molecule has 4 heteroatoms. The minimum Gasteiger partial charge on any atom is -0.493 e. The standard InChI is InChI=1S/C15H23NO3/c1-12(2)16(11-15(17)18)9-6-10-19-14-8-5-4-7-13(14)3/h4-5,7-8,12H,6,9-11H2,1-3H3,(H,17,18). The third kappa shape index (κ3) is 5.75. The van der Waals surface area contributed by atoms with Gasteiger partial charge in [-0.05, 0) is 38.8 Å². The molecule has 19 heavy (non-hydrogen) atoms. The highest BCUT2D eigenvalue weighted by Crippen LogP contribution is 2.16. The molecular formula is C15H23NO3. The number of hydrogen-bond acceptors (Lipinski definition) is 3. The maximum Gasteiger partial charge on any atom is 0.317 e. The summed E-state index contributed by atoms with van der Waals surface area (Å²) in [6.45, 7) is 7.45. The molecule has 1 N–H and O–H groups in total. The van der Waals surface area contributed by atoms with Crippen LogP contribution in [0.2, 0.25) is 0 Å². The number of aliphatic carboxylic acids is 1. The van der Waals surface area contributed by atoms with Gasteiger partial charge in [-0.3, -0.25) is 9.69 Å². The summed E-state index contributed by atoms with van der Waals surface area (Å²) in [7, 11) is 0. The molecule has 0 aliphatic heterocycles. The van der Waals surface area contributed by atoms with E-state index in [-0.39, 0.29) is 12.6 Å². The molecule has 0 amide bonds. The van der Waals surface area contributed by atoms with Crippen molar-refractivity contribution < 1.29 is 14.6 Å². The molecule has 1 aromatic carbocycles. The highest BCUT2D eigenvalue weighted by Gasteiger charge is 2.12. The molecule has 106 valence electrons. The Labute approximate surface area is 115 Å². The number of carbonyl (C=O) groups is 1. The molecule has 0 fully saturated rings. The molecule has 0 bridgehead atoms. The van der Waals surface area contributed by atoms with Crippen molar-refractivity contribution in [1.82, 2.24) is 4.90 Å². The van der Waals surface area contributed by atoms with Crippen molar-refractivity contribution in [2.75, 3.05) is 19.7 Å². The number of benzene rings is 1. The Bertz CT molecular complexity index is 404. The van der Waals surface area contributed by atoms with Crippen molar-refractivity contribution in [3.8, 4) is 5.75 Å². The molecule has 0 aliphatic carbocycles. The van der Waals surface area contributed by atoms with Crippen molar-refractivity contribution in [3.63, 3.8) is 0 Å². The molecule has 0 spiro atoms. The quantitative estimate of drug-likeness (QED) is 0.734. The third-order valence-electron chi connectivity index (χ3n) is 3.01. The van der Waals surface area contributed by atoms with Crippen molar-refractivity contribution >= 4 is 5.97 Å². The molecule has 4 nitrogen and oxygen atoms in total. The van der Waals surface area contributed by atoms with Crippen molar-refractivity contribution in [2.45, 2.75) is 33.2 Å². The van der Waals surface area contributed by atoms with Crippen LogP contribution in [0.4, 0.5) is 0 Å². The monoisotopic (exact) mass is 265 g/mol. The number of carboxylic acids is 1. The van der Waals surface area contributed by atoms with Crippen LogP contribution in [0.5, 0.6) is 5.75 Å². The molecule has 0 aromatic heterocycles. The highest BCUT2D eigenvalue weighted by molar-refractivity contribution is 5.69. The zero-order valence-electron chi connectivity index (χ0n) is 11.9. The fraction of sp³-hybridized carbons (Fsp3) is 0.533. The minimum absolute atomic E-state index is 0.0853. The summed E-state index contributed by atoms with van der Waals surface area (Å²) in [6, 6.07) is 8.13. The van der Waals surface area contributed by atoms with E-state index in [1.165, 1.54) is 0 Å². The first-order chi connectivity index (χ1) is 9.00. The lowest BCUT2D eigenvalue weighted by Gasteiger charge is -2.24. The average molecular weight is 265 g/mol. The maximum atomic E-state index is 10.7. The van der Waals surface area contributed by atoms with Gasteiger partial charge in [0.15, 0.2) is 0 Å². The van der Waals surface area contributed by atoms with E-state index in [4.69, 9.17) is 9.84 Å². The number of para-hydroxylation sites is 1. The Hall–Kier alpha value is -1.55. The van der Waals surface area contributed by atoms with Crippen LogP contribution >= 0.6 is 0 Å². The van der Waals surface area contributed by atoms with Gasteiger partial charge in [-0.15, -0.1) is 0 Å². The number of ether oxygens (including phenoxy) is 1. The molecule has 1 aromatic rings. The molecular weight excluding hydrogens is 242 g/mol. The van der Waals surface area contributed by atoms with Gasteiger partial charge in [0.05, 0.1) is 13.2 Å². The van der Waals surface area contributed by atoms with Crippen molar-refractivity contribution in [2.24, 2.45) is 0 Å². The van der Waals surface area contributed by atoms with Gasteiger partial charge in [-0.2, -0.15) is 0 Å². The fourth-order valence-electron chi connectivity index (χ4n) is 1.86. The van der Waals surface area contributed by atoms with Gasteiger partial charge in [-0.1, -0.05) is 18.2 Å². The second-order valence-electron chi connectivity index (χ2n) is 4.93. The average Bonchev–Trinajstić information content (AvgIpc) is 2.34. The Morgan fingerprint density at radius 2 is 2.05 bits per heavy atom. The minimum atomic E-state index is -0.784. The SMILES string of the molecule is Cc1ccccc1OCCCN(CC(=O)O)C(C)C. The van der Waals surface area contributed by atoms with Crippen LogP contribution in [0.15, 0.2) is 24.3 Å². The molecule has 0 heterocycles. The lowest BCUT2D eigenvalue weighted by molar-refractivity contribution is -0.138. The first-order valence-electron chi connectivity index (χ1n) is 6.65. The smallest absolute Gasteiger partial charge is 0.317 e. The van der Waals surface area contributed by atoms with Crippen molar-refractivity contribution in [1.29, 1.82) is 0 Å². The summed E-state index contributed by atoms with van der Waals surface area (Å²) in [6.07, 6.45) is 0.819. The number of rotatable bonds is 8. The first-order valence-corrected chi connectivity index (χ1v) is 6.65. The van der Waals surface area contributed by atoms with Crippen LogP contribution in [-0.4, -0.2) is 41.7 Å². The highest BCUT2D eigenvalue weighted by atomic mass is 16.5. The van der Waals surface area contributed by atoms with Gasteiger partial charge in [0.2, 0.25) is 0 Å². The molecule has 1 rings (SSSR count). The number of carboxylic acid groups (broad SMARTS) is 1. The predicted octanol–water partition coefficient (Wildman–Crippen LogP) is 2.56. The van der Waals surface area contributed by atoms with Crippen LogP contribution in [-0.2, 0) is 4.79 Å². The van der Waals surface area contributed by atoms with Gasteiger partial charge < -0.3 is 9.84 Å². The Morgan fingerprint density at radius 1 is 1.37 bits per heavy atom. The van der Waals surface area contributed by atoms with E-state index in [2.05, 4.69) is 0 Å². The molecule has 0 saturated carbocycles. The number of nitrogens with zero attached hydrogens (tertiary/aromatic N) is 1.